The summed E-state index contributed by atoms with van der Waals surface area (Å²) in [6.45, 7) is 4.64. The minimum absolute atomic E-state index is 0.706. The normalized spacial score (nSPS) is 16.7. The van der Waals surface area contributed by atoms with E-state index in [9.17, 15) is 0 Å². The quantitative estimate of drug-likeness (QED) is 0.602. The number of rotatable bonds is 3. The van der Waals surface area contributed by atoms with Gasteiger partial charge in [0.1, 0.15) is 0 Å². The third kappa shape index (κ3) is 3.79. The first-order valence-electron chi connectivity index (χ1n) is 7.38. The Bertz CT molecular complexity index is 494. The number of allylic oxidation sites excluding steroid dienone is 2. The van der Waals surface area contributed by atoms with Crippen molar-refractivity contribution in [1.82, 2.24) is 0 Å². The molecular formula is C17H21Cl2Zr. The van der Waals surface area contributed by atoms with E-state index in [1.807, 2.05) is 0 Å². The van der Waals surface area contributed by atoms with Crippen molar-refractivity contribution in [3.8, 4) is 0 Å². The molecule has 0 saturated heterocycles. The fourth-order valence-corrected chi connectivity index (χ4v) is 3.32. The topological polar surface area (TPSA) is 0 Å². The molecule has 20 heavy (non-hydrogen) atoms. The molecule has 0 spiro atoms. The van der Waals surface area contributed by atoms with Crippen LogP contribution in [-0.2, 0) is 33.7 Å². The fourth-order valence-electron chi connectivity index (χ4n) is 3.32. The molecule has 1 radical (unpaired) electrons. The Labute approximate surface area is 141 Å². The van der Waals surface area contributed by atoms with E-state index >= 15 is 0 Å². The summed E-state index contributed by atoms with van der Waals surface area (Å²) in [6.07, 6.45) is 11.2. The molecule has 0 N–H and O–H groups in total. The van der Waals surface area contributed by atoms with Crippen molar-refractivity contribution in [2.75, 3.05) is 0 Å². The number of halogens is 2. The molecule has 1 unspecified atom stereocenters. The van der Waals surface area contributed by atoms with Gasteiger partial charge in [0.2, 0.25) is 0 Å². The maximum absolute atomic E-state index is 4.93. The van der Waals surface area contributed by atoms with E-state index in [1.54, 1.807) is 16.7 Å². The predicted molar refractivity (Wildman–Crippen MR) is 85.6 cm³/mol. The second-order valence-corrected chi connectivity index (χ2v) is 9.34. The van der Waals surface area contributed by atoms with Gasteiger partial charge in [-0.15, -0.1) is 0 Å². The van der Waals surface area contributed by atoms with Crippen LogP contribution in [0.25, 0.3) is 5.57 Å². The Morgan fingerprint density at radius 2 is 1.85 bits per heavy atom. The number of hydrogen-bond acceptors (Lipinski definition) is 0. The third-order valence-corrected chi connectivity index (χ3v) is 4.27. The van der Waals surface area contributed by atoms with Crippen molar-refractivity contribution in [3.63, 3.8) is 0 Å². The molecule has 1 aromatic carbocycles. The van der Waals surface area contributed by atoms with E-state index in [0.717, 1.165) is 0 Å². The molecule has 2 aliphatic carbocycles. The third-order valence-electron chi connectivity index (χ3n) is 4.27. The monoisotopic (exact) mass is 385 g/mol. The van der Waals surface area contributed by atoms with E-state index in [2.05, 4.69) is 38.5 Å². The molecule has 107 valence electrons. The Kier molecular flexibility index (Phi) is 6.85. The summed E-state index contributed by atoms with van der Waals surface area (Å²) in [4.78, 5) is 0. The molecule has 1 aromatic rings. The van der Waals surface area contributed by atoms with Crippen molar-refractivity contribution < 1.29 is 20.8 Å². The SMILES string of the molecule is CCCC(C)C1=C[CH]c2cc3c(cc21)CCC3.[Cl][Zr][Cl]. The van der Waals surface area contributed by atoms with Crippen LogP contribution in [0.15, 0.2) is 18.2 Å². The second kappa shape index (κ2) is 8.16. The van der Waals surface area contributed by atoms with Crippen LogP contribution in [0.1, 0.15) is 55.4 Å². The van der Waals surface area contributed by atoms with E-state index in [0.29, 0.717) is 5.92 Å². The average molecular weight is 387 g/mol. The van der Waals surface area contributed by atoms with Crippen LogP contribution >= 0.6 is 17.0 Å². The molecule has 0 fully saturated rings. The van der Waals surface area contributed by atoms with Gasteiger partial charge in [-0.1, -0.05) is 38.5 Å². The summed E-state index contributed by atoms with van der Waals surface area (Å²) in [7, 11) is 9.87. The van der Waals surface area contributed by atoms with Gasteiger partial charge in [0.05, 0.1) is 0 Å². The van der Waals surface area contributed by atoms with Crippen LogP contribution in [0.5, 0.6) is 0 Å². The number of aryl methyl sites for hydroxylation is 2. The van der Waals surface area contributed by atoms with Gasteiger partial charge in [-0.25, -0.2) is 0 Å². The molecular weight excluding hydrogens is 366 g/mol. The summed E-state index contributed by atoms with van der Waals surface area (Å²) in [5.41, 5.74) is 7.75. The van der Waals surface area contributed by atoms with Crippen LogP contribution < -0.4 is 0 Å². The summed E-state index contributed by atoms with van der Waals surface area (Å²) < 4.78 is 0. The summed E-state index contributed by atoms with van der Waals surface area (Å²) in [5.74, 6) is 0.706. The van der Waals surface area contributed by atoms with Crippen LogP contribution in [0.2, 0.25) is 0 Å². The molecule has 3 rings (SSSR count). The Balaban J connectivity index is 0.000000452. The molecule has 0 heterocycles. The van der Waals surface area contributed by atoms with Gasteiger partial charge in [-0.2, -0.15) is 0 Å². The number of hydrogen-bond donors (Lipinski definition) is 0. The van der Waals surface area contributed by atoms with Crippen LogP contribution in [0.3, 0.4) is 0 Å². The average Bonchev–Trinajstić information content (AvgIpc) is 3.02. The van der Waals surface area contributed by atoms with Gasteiger partial charge in [0, 0.05) is 6.42 Å². The van der Waals surface area contributed by atoms with E-state index < -0.39 is 20.8 Å². The van der Waals surface area contributed by atoms with Gasteiger partial charge in [-0.3, -0.25) is 0 Å². The van der Waals surface area contributed by atoms with Crippen molar-refractivity contribution in [2.45, 2.75) is 46.0 Å². The Morgan fingerprint density at radius 3 is 2.50 bits per heavy atom. The van der Waals surface area contributed by atoms with Crippen LogP contribution in [-0.4, -0.2) is 0 Å². The minimum atomic E-state index is -0.826. The summed E-state index contributed by atoms with van der Waals surface area (Å²) >= 11 is -0.826. The van der Waals surface area contributed by atoms with E-state index in [4.69, 9.17) is 17.0 Å². The second-order valence-electron chi connectivity index (χ2n) is 5.61. The zero-order chi connectivity index (χ0) is 14.5. The van der Waals surface area contributed by atoms with Gasteiger partial charge >= 0.3 is 37.9 Å². The molecule has 0 amide bonds. The molecule has 0 nitrogen and oxygen atoms in total. The maximum atomic E-state index is 4.93. The fraction of sp³-hybridized carbons (Fsp3) is 0.471. The van der Waals surface area contributed by atoms with Crippen molar-refractivity contribution in [1.29, 1.82) is 0 Å². The standard InChI is InChI=1S/C17H21.2ClH.Zr/c1-3-5-12(2)16-9-8-15-10-13-6-4-7-14(13)11-17(15)16;;;/h8-12H,3-7H2,1-2H3;2*1H;/q;;;+2/p-2. The molecule has 2 aliphatic rings. The molecule has 0 aromatic heterocycles. The zero-order valence-corrected chi connectivity index (χ0v) is 16.1. The predicted octanol–water partition coefficient (Wildman–Crippen LogP) is 5.94. The van der Waals surface area contributed by atoms with Gasteiger partial charge in [-0.05, 0) is 59.4 Å². The van der Waals surface area contributed by atoms with E-state index in [-0.39, 0.29) is 0 Å². The molecule has 0 saturated carbocycles. The van der Waals surface area contributed by atoms with Crippen LogP contribution in [0.4, 0.5) is 0 Å². The van der Waals surface area contributed by atoms with Crippen molar-refractivity contribution in [2.24, 2.45) is 5.92 Å². The first kappa shape index (κ1) is 16.8. The van der Waals surface area contributed by atoms with Crippen LogP contribution in [0, 0.1) is 12.3 Å². The molecule has 1 atom stereocenters. The van der Waals surface area contributed by atoms with Crippen molar-refractivity contribution >= 4 is 22.6 Å². The first-order valence-corrected chi connectivity index (χ1v) is 13.7. The van der Waals surface area contributed by atoms with Gasteiger partial charge in [0.25, 0.3) is 0 Å². The Morgan fingerprint density at radius 1 is 1.20 bits per heavy atom. The van der Waals surface area contributed by atoms with Crippen molar-refractivity contribution in [3.05, 3.63) is 46.9 Å². The summed E-state index contributed by atoms with van der Waals surface area (Å²) in [6, 6.07) is 4.90. The van der Waals surface area contributed by atoms with Gasteiger partial charge in [0.15, 0.2) is 0 Å². The molecule has 0 aliphatic heterocycles. The summed E-state index contributed by atoms with van der Waals surface area (Å²) in [5, 5.41) is 0. The molecule has 0 bridgehead atoms. The zero-order valence-electron chi connectivity index (χ0n) is 12.2. The first-order chi connectivity index (χ1) is 9.71. The number of benzene rings is 1. The Hall–Kier alpha value is 0.423. The van der Waals surface area contributed by atoms with E-state index in [1.165, 1.54) is 43.2 Å². The molecule has 3 heteroatoms. The number of fused-ring (bicyclic) bond motifs is 2. The van der Waals surface area contributed by atoms with Gasteiger partial charge < -0.3 is 0 Å².